The average Bonchev–Trinajstić information content (AvgIpc) is 2.89. The van der Waals surface area contributed by atoms with Gasteiger partial charge in [0.2, 0.25) is 0 Å². The predicted molar refractivity (Wildman–Crippen MR) is 73.5 cm³/mol. The molecule has 104 valence electrons. The number of nitrogens with zero attached hydrogens (tertiary/aromatic N) is 5. The fourth-order valence-electron chi connectivity index (χ4n) is 2.00. The van der Waals surface area contributed by atoms with Crippen molar-refractivity contribution in [1.29, 1.82) is 0 Å². The molecule has 0 bridgehead atoms. The van der Waals surface area contributed by atoms with Crippen molar-refractivity contribution in [3.8, 4) is 0 Å². The molecule has 1 atom stereocenters. The molecule has 0 fully saturated rings. The third-order valence-electron chi connectivity index (χ3n) is 2.78. The summed E-state index contributed by atoms with van der Waals surface area (Å²) in [4.78, 5) is 8.67. The first-order chi connectivity index (χ1) is 9.04. The largest absolute Gasteiger partial charge is 0.330 e. The van der Waals surface area contributed by atoms with Crippen LogP contribution in [0.4, 0.5) is 0 Å². The van der Waals surface area contributed by atoms with E-state index in [0.29, 0.717) is 12.5 Å². The third-order valence-corrected chi connectivity index (χ3v) is 2.78. The summed E-state index contributed by atoms with van der Waals surface area (Å²) in [5.41, 5.74) is 6.79. The molecule has 0 saturated heterocycles. The van der Waals surface area contributed by atoms with Gasteiger partial charge in [-0.15, -0.1) is 0 Å². The monoisotopic (exact) mass is 262 g/mol. The molecule has 2 aromatic heterocycles. The Kier molecular flexibility index (Phi) is 4.31. The van der Waals surface area contributed by atoms with Gasteiger partial charge in [-0.2, -0.15) is 5.10 Å². The molecule has 19 heavy (non-hydrogen) atoms. The summed E-state index contributed by atoms with van der Waals surface area (Å²) in [6.45, 7) is 7.90. The van der Waals surface area contributed by atoms with E-state index in [1.807, 2.05) is 28.7 Å². The summed E-state index contributed by atoms with van der Waals surface area (Å²) in [6.07, 6.45) is 6.26. The molecule has 2 N–H and O–H groups in total. The molecule has 1 unspecified atom stereocenters. The van der Waals surface area contributed by atoms with Crippen LogP contribution in [0.3, 0.4) is 0 Å². The fraction of sp³-hybridized carbons (Fsp3) is 0.615. The van der Waals surface area contributed by atoms with Gasteiger partial charge in [-0.1, -0.05) is 13.8 Å². The SMILES string of the molecule is CC(C)Cn1ncnc1Cn1cnc(CC(C)N)c1. The fourth-order valence-corrected chi connectivity index (χ4v) is 2.00. The van der Waals surface area contributed by atoms with Gasteiger partial charge in [0, 0.05) is 25.2 Å². The molecule has 0 amide bonds. The highest BCUT2D eigenvalue weighted by atomic mass is 15.3. The minimum absolute atomic E-state index is 0.132. The number of rotatable bonds is 6. The van der Waals surface area contributed by atoms with Gasteiger partial charge in [0.25, 0.3) is 0 Å². The summed E-state index contributed by atoms with van der Waals surface area (Å²) >= 11 is 0. The van der Waals surface area contributed by atoms with E-state index in [2.05, 4.69) is 28.9 Å². The smallest absolute Gasteiger partial charge is 0.146 e. The lowest BCUT2D eigenvalue weighted by molar-refractivity contribution is 0.461. The molecule has 2 aromatic rings. The van der Waals surface area contributed by atoms with E-state index in [-0.39, 0.29) is 6.04 Å². The van der Waals surface area contributed by atoms with Crippen LogP contribution >= 0.6 is 0 Å². The number of nitrogens with two attached hydrogens (primary N) is 1. The van der Waals surface area contributed by atoms with Crippen molar-refractivity contribution >= 4 is 0 Å². The van der Waals surface area contributed by atoms with Crippen LogP contribution in [0.1, 0.15) is 32.3 Å². The van der Waals surface area contributed by atoms with Gasteiger partial charge in [0.05, 0.1) is 18.6 Å². The van der Waals surface area contributed by atoms with Crippen LogP contribution in [0.2, 0.25) is 0 Å². The van der Waals surface area contributed by atoms with Crippen LogP contribution in [-0.4, -0.2) is 30.4 Å². The zero-order valence-corrected chi connectivity index (χ0v) is 11.8. The highest BCUT2D eigenvalue weighted by Gasteiger charge is 2.08. The Labute approximate surface area is 113 Å². The standard InChI is InChI=1S/C13H22N6/c1-10(2)5-19-13(15-8-17-19)7-18-6-12(16-9-18)4-11(3)14/h6,8-11H,4-5,7,14H2,1-3H3. The zero-order chi connectivity index (χ0) is 13.8. The van der Waals surface area contributed by atoms with Gasteiger partial charge in [-0.3, -0.25) is 0 Å². The Morgan fingerprint density at radius 1 is 1.26 bits per heavy atom. The molecule has 0 spiro atoms. The molecule has 0 saturated carbocycles. The summed E-state index contributed by atoms with van der Waals surface area (Å²) in [6, 6.07) is 0.132. The van der Waals surface area contributed by atoms with Gasteiger partial charge in [0.1, 0.15) is 12.2 Å². The number of hydrogen-bond donors (Lipinski definition) is 1. The van der Waals surface area contributed by atoms with Crippen LogP contribution in [0, 0.1) is 5.92 Å². The van der Waals surface area contributed by atoms with Crippen molar-refractivity contribution in [3.63, 3.8) is 0 Å². The average molecular weight is 262 g/mol. The maximum absolute atomic E-state index is 5.77. The molecule has 0 aliphatic rings. The van der Waals surface area contributed by atoms with E-state index >= 15 is 0 Å². The zero-order valence-electron chi connectivity index (χ0n) is 11.8. The molecule has 0 aliphatic carbocycles. The molecule has 0 aliphatic heterocycles. The summed E-state index contributed by atoms with van der Waals surface area (Å²) in [7, 11) is 0. The second-order valence-corrected chi connectivity index (χ2v) is 5.47. The van der Waals surface area contributed by atoms with Crippen LogP contribution < -0.4 is 5.73 Å². The van der Waals surface area contributed by atoms with Crippen molar-refractivity contribution in [2.24, 2.45) is 11.7 Å². The van der Waals surface area contributed by atoms with Crippen molar-refractivity contribution < 1.29 is 0 Å². The first-order valence-electron chi connectivity index (χ1n) is 6.67. The van der Waals surface area contributed by atoms with Crippen LogP contribution in [0.5, 0.6) is 0 Å². The van der Waals surface area contributed by atoms with Gasteiger partial charge < -0.3 is 10.3 Å². The molecule has 6 heteroatoms. The summed E-state index contributed by atoms with van der Waals surface area (Å²) in [5, 5.41) is 4.26. The maximum Gasteiger partial charge on any atom is 0.146 e. The first kappa shape index (κ1) is 13.7. The second kappa shape index (κ2) is 5.97. The van der Waals surface area contributed by atoms with Gasteiger partial charge >= 0.3 is 0 Å². The van der Waals surface area contributed by atoms with E-state index < -0.39 is 0 Å². The lowest BCUT2D eigenvalue weighted by atomic mass is 10.2. The Morgan fingerprint density at radius 3 is 2.74 bits per heavy atom. The van der Waals surface area contributed by atoms with E-state index in [4.69, 9.17) is 5.73 Å². The predicted octanol–water partition coefficient (Wildman–Crippen LogP) is 1.07. The van der Waals surface area contributed by atoms with Gasteiger partial charge in [0.15, 0.2) is 0 Å². The minimum Gasteiger partial charge on any atom is -0.330 e. The van der Waals surface area contributed by atoms with E-state index in [9.17, 15) is 0 Å². The molecule has 2 rings (SSSR count). The quantitative estimate of drug-likeness (QED) is 0.845. The van der Waals surface area contributed by atoms with Crippen molar-refractivity contribution in [2.45, 2.75) is 46.3 Å². The number of imidazole rings is 1. The second-order valence-electron chi connectivity index (χ2n) is 5.47. The van der Waals surface area contributed by atoms with E-state index in [0.717, 1.165) is 24.5 Å². The Balaban J connectivity index is 2.04. The molecule has 6 nitrogen and oxygen atoms in total. The highest BCUT2D eigenvalue weighted by molar-refractivity contribution is 5.00. The van der Waals surface area contributed by atoms with Crippen LogP contribution in [-0.2, 0) is 19.5 Å². The Bertz CT molecular complexity index is 511. The lowest BCUT2D eigenvalue weighted by Gasteiger charge is -2.08. The molecule has 0 aromatic carbocycles. The third kappa shape index (κ3) is 3.89. The van der Waals surface area contributed by atoms with Crippen molar-refractivity contribution in [1.82, 2.24) is 24.3 Å². The summed E-state index contributed by atoms with van der Waals surface area (Å²) in [5.74, 6) is 1.51. The van der Waals surface area contributed by atoms with E-state index in [1.165, 1.54) is 0 Å². The van der Waals surface area contributed by atoms with E-state index in [1.54, 1.807) is 6.33 Å². The summed E-state index contributed by atoms with van der Waals surface area (Å²) < 4.78 is 3.98. The van der Waals surface area contributed by atoms with Gasteiger partial charge in [-0.25, -0.2) is 14.6 Å². The minimum atomic E-state index is 0.132. The normalized spacial score (nSPS) is 13.1. The lowest BCUT2D eigenvalue weighted by Crippen LogP contribution is -2.17. The Hall–Kier alpha value is -1.69. The molecule has 0 radical (unpaired) electrons. The van der Waals surface area contributed by atoms with Gasteiger partial charge in [-0.05, 0) is 12.8 Å². The van der Waals surface area contributed by atoms with Crippen molar-refractivity contribution in [2.75, 3.05) is 0 Å². The first-order valence-corrected chi connectivity index (χ1v) is 6.67. The Morgan fingerprint density at radius 2 is 2.05 bits per heavy atom. The van der Waals surface area contributed by atoms with Crippen molar-refractivity contribution in [3.05, 3.63) is 30.4 Å². The topological polar surface area (TPSA) is 74.5 Å². The molecular weight excluding hydrogens is 240 g/mol. The maximum atomic E-state index is 5.77. The molecule has 2 heterocycles. The molecular formula is C13H22N6. The van der Waals surface area contributed by atoms with Crippen LogP contribution in [0.25, 0.3) is 0 Å². The van der Waals surface area contributed by atoms with Crippen LogP contribution in [0.15, 0.2) is 18.9 Å². The number of hydrogen-bond acceptors (Lipinski definition) is 4. The highest BCUT2D eigenvalue weighted by Crippen LogP contribution is 2.05. The number of aromatic nitrogens is 5.